The van der Waals surface area contributed by atoms with Crippen molar-refractivity contribution in [2.45, 2.75) is 32.3 Å². The van der Waals surface area contributed by atoms with Crippen LogP contribution in [0.3, 0.4) is 0 Å². The van der Waals surface area contributed by atoms with Crippen molar-refractivity contribution in [2.75, 3.05) is 45.8 Å². The fraction of sp³-hybridized carbons (Fsp3) is 0.923. The number of nitrogens with one attached hydrogen (secondary N) is 1. The van der Waals surface area contributed by atoms with Gasteiger partial charge in [-0.3, -0.25) is 0 Å². The van der Waals surface area contributed by atoms with E-state index in [0.717, 1.165) is 65.1 Å². The summed E-state index contributed by atoms with van der Waals surface area (Å²) in [4.78, 5) is 15.9. The summed E-state index contributed by atoms with van der Waals surface area (Å²) in [7, 11) is 0. The van der Waals surface area contributed by atoms with E-state index in [4.69, 9.17) is 4.74 Å². The number of cyclic esters (lactones) is 1. The van der Waals surface area contributed by atoms with Gasteiger partial charge in [0.1, 0.15) is 6.10 Å². The van der Waals surface area contributed by atoms with E-state index in [1.807, 2.05) is 4.90 Å². The fourth-order valence-corrected chi connectivity index (χ4v) is 2.52. The summed E-state index contributed by atoms with van der Waals surface area (Å²) in [5.41, 5.74) is 0. The van der Waals surface area contributed by atoms with Crippen molar-refractivity contribution in [1.82, 2.24) is 15.1 Å². The summed E-state index contributed by atoms with van der Waals surface area (Å²) in [6.45, 7) is 9.19. The van der Waals surface area contributed by atoms with Crippen LogP contribution in [-0.4, -0.2) is 67.8 Å². The zero-order valence-corrected chi connectivity index (χ0v) is 11.4. The van der Waals surface area contributed by atoms with Crippen molar-refractivity contribution < 1.29 is 9.53 Å². The Kier molecular flexibility index (Phi) is 5.26. The van der Waals surface area contributed by atoms with Gasteiger partial charge < -0.3 is 19.9 Å². The number of carbonyl (C=O) groups is 1. The van der Waals surface area contributed by atoms with E-state index in [0.29, 0.717) is 0 Å². The predicted octanol–water partition coefficient (Wildman–Crippen LogP) is 0.903. The molecule has 1 atom stereocenters. The molecular formula is C13H25N3O2. The number of ether oxygens (including phenoxy) is 1. The summed E-state index contributed by atoms with van der Waals surface area (Å²) in [5.74, 6) is 0. The summed E-state index contributed by atoms with van der Waals surface area (Å²) in [6, 6.07) is 0. The van der Waals surface area contributed by atoms with Gasteiger partial charge >= 0.3 is 6.09 Å². The SMILES string of the molecule is CCCCN1CC(CCN2CCNCC2)OC1=O. The number of nitrogens with zero attached hydrogens (tertiary/aromatic N) is 2. The molecule has 2 fully saturated rings. The average molecular weight is 255 g/mol. The summed E-state index contributed by atoms with van der Waals surface area (Å²) >= 11 is 0. The van der Waals surface area contributed by atoms with Crippen molar-refractivity contribution in [3.8, 4) is 0 Å². The minimum absolute atomic E-state index is 0.101. The Hall–Kier alpha value is -0.810. The van der Waals surface area contributed by atoms with Crippen LogP contribution in [-0.2, 0) is 4.74 Å². The third-order valence-corrected chi connectivity index (χ3v) is 3.71. The van der Waals surface area contributed by atoms with E-state index in [-0.39, 0.29) is 12.2 Å². The van der Waals surface area contributed by atoms with E-state index < -0.39 is 0 Å². The van der Waals surface area contributed by atoms with Crippen LogP contribution >= 0.6 is 0 Å². The molecule has 2 rings (SSSR count). The van der Waals surface area contributed by atoms with E-state index >= 15 is 0 Å². The first-order valence-corrected chi connectivity index (χ1v) is 7.18. The minimum atomic E-state index is -0.117. The molecular weight excluding hydrogens is 230 g/mol. The maximum atomic E-state index is 11.6. The number of amides is 1. The Labute approximate surface area is 109 Å². The van der Waals surface area contributed by atoms with Gasteiger partial charge in [0.05, 0.1) is 6.54 Å². The lowest BCUT2D eigenvalue weighted by molar-refractivity contribution is 0.119. The van der Waals surface area contributed by atoms with E-state index in [9.17, 15) is 4.79 Å². The molecule has 18 heavy (non-hydrogen) atoms. The van der Waals surface area contributed by atoms with Crippen LogP contribution in [0.1, 0.15) is 26.2 Å². The second kappa shape index (κ2) is 6.95. The van der Waals surface area contributed by atoms with Gasteiger partial charge in [-0.2, -0.15) is 0 Å². The Bertz CT molecular complexity index is 267. The standard InChI is InChI=1S/C13H25N3O2/c1-2-3-7-16-11-12(18-13(16)17)4-8-15-9-5-14-6-10-15/h12,14H,2-11H2,1H3. The minimum Gasteiger partial charge on any atom is -0.444 e. The van der Waals surface area contributed by atoms with Crippen molar-refractivity contribution >= 4 is 6.09 Å². The highest BCUT2D eigenvalue weighted by Crippen LogP contribution is 2.15. The quantitative estimate of drug-likeness (QED) is 0.766. The van der Waals surface area contributed by atoms with E-state index in [1.165, 1.54) is 0 Å². The second-order valence-electron chi connectivity index (χ2n) is 5.19. The van der Waals surface area contributed by atoms with Gasteiger partial charge in [-0.05, 0) is 12.8 Å². The molecule has 104 valence electrons. The van der Waals surface area contributed by atoms with Gasteiger partial charge in [0.2, 0.25) is 0 Å². The molecule has 2 heterocycles. The molecule has 2 aliphatic rings. The molecule has 0 aromatic rings. The molecule has 1 amide bonds. The van der Waals surface area contributed by atoms with Gasteiger partial charge in [-0.25, -0.2) is 4.79 Å². The molecule has 1 N–H and O–H groups in total. The average Bonchev–Trinajstić information content (AvgIpc) is 2.76. The van der Waals surface area contributed by atoms with Crippen LogP contribution in [0.5, 0.6) is 0 Å². The van der Waals surface area contributed by atoms with Gasteiger partial charge in [-0.1, -0.05) is 13.3 Å². The number of hydrogen-bond donors (Lipinski definition) is 1. The Morgan fingerprint density at radius 2 is 2.11 bits per heavy atom. The number of unbranched alkanes of at least 4 members (excludes halogenated alkanes) is 1. The molecule has 2 saturated heterocycles. The van der Waals surface area contributed by atoms with Gasteiger partial charge in [0.15, 0.2) is 0 Å². The van der Waals surface area contributed by atoms with Crippen LogP contribution in [0, 0.1) is 0 Å². The highest BCUT2D eigenvalue weighted by Gasteiger charge is 2.30. The van der Waals surface area contributed by atoms with Crippen LogP contribution in [0.15, 0.2) is 0 Å². The first-order chi connectivity index (χ1) is 8.79. The Morgan fingerprint density at radius 3 is 2.83 bits per heavy atom. The van der Waals surface area contributed by atoms with Crippen LogP contribution < -0.4 is 5.32 Å². The monoisotopic (exact) mass is 255 g/mol. The van der Waals surface area contributed by atoms with Gasteiger partial charge in [-0.15, -0.1) is 0 Å². The van der Waals surface area contributed by atoms with Crippen molar-refractivity contribution in [2.24, 2.45) is 0 Å². The van der Waals surface area contributed by atoms with Crippen LogP contribution in [0.4, 0.5) is 4.79 Å². The third-order valence-electron chi connectivity index (χ3n) is 3.71. The summed E-state index contributed by atoms with van der Waals surface area (Å²) in [6.07, 6.45) is 3.14. The molecule has 0 aromatic carbocycles. The molecule has 0 aliphatic carbocycles. The van der Waals surface area contributed by atoms with Gasteiger partial charge in [0, 0.05) is 39.3 Å². The lowest BCUT2D eigenvalue weighted by atomic mass is 10.2. The first kappa shape index (κ1) is 13.6. The molecule has 1 unspecified atom stereocenters. The van der Waals surface area contributed by atoms with E-state index in [2.05, 4.69) is 17.1 Å². The van der Waals surface area contributed by atoms with Gasteiger partial charge in [0.25, 0.3) is 0 Å². The third kappa shape index (κ3) is 3.85. The van der Waals surface area contributed by atoms with Crippen LogP contribution in [0.25, 0.3) is 0 Å². The maximum Gasteiger partial charge on any atom is 0.410 e. The van der Waals surface area contributed by atoms with Crippen molar-refractivity contribution in [3.05, 3.63) is 0 Å². The zero-order valence-electron chi connectivity index (χ0n) is 11.4. The number of piperazine rings is 1. The number of hydrogen-bond acceptors (Lipinski definition) is 4. The zero-order chi connectivity index (χ0) is 12.8. The highest BCUT2D eigenvalue weighted by atomic mass is 16.6. The summed E-state index contributed by atoms with van der Waals surface area (Å²) < 4.78 is 5.41. The Morgan fingerprint density at radius 1 is 1.33 bits per heavy atom. The second-order valence-corrected chi connectivity index (χ2v) is 5.19. The first-order valence-electron chi connectivity index (χ1n) is 7.18. The van der Waals surface area contributed by atoms with Crippen molar-refractivity contribution in [3.63, 3.8) is 0 Å². The molecule has 5 nitrogen and oxygen atoms in total. The lowest BCUT2D eigenvalue weighted by Crippen LogP contribution is -2.44. The number of rotatable bonds is 6. The molecule has 5 heteroatoms. The molecule has 0 aromatic heterocycles. The molecule has 0 saturated carbocycles. The fourth-order valence-electron chi connectivity index (χ4n) is 2.52. The lowest BCUT2D eigenvalue weighted by Gasteiger charge is -2.27. The van der Waals surface area contributed by atoms with E-state index in [1.54, 1.807) is 0 Å². The normalized spacial score (nSPS) is 25.5. The maximum absolute atomic E-state index is 11.6. The van der Waals surface area contributed by atoms with Crippen molar-refractivity contribution in [1.29, 1.82) is 0 Å². The topological polar surface area (TPSA) is 44.8 Å². The van der Waals surface area contributed by atoms with Crippen LogP contribution in [0.2, 0.25) is 0 Å². The Balaban J connectivity index is 1.66. The summed E-state index contributed by atoms with van der Waals surface area (Å²) in [5, 5.41) is 3.34. The predicted molar refractivity (Wildman–Crippen MR) is 70.7 cm³/mol. The molecule has 0 bridgehead atoms. The largest absolute Gasteiger partial charge is 0.444 e. The molecule has 2 aliphatic heterocycles. The number of carbonyl (C=O) groups excluding carboxylic acids is 1. The molecule has 0 spiro atoms. The smallest absolute Gasteiger partial charge is 0.410 e. The highest BCUT2D eigenvalue weighted by molar-refractivity contribution is 5.69. The molecule has 0 radical (unpaired) electrons.